The van der Waals surface area contributed by atoms with Crippen molar-refractivity contribution in [3.05, 3.63) is 40.3 Å². The number of ether oxygens (including phenoxy) is 1. The molecule has 3 rings (SSSR count). The normalized spacial score (nSPS) is 20.3. The third kappa shape index (κ3) is 5.14. The van der Waals surface area contributed by atoms with Crippen LogP contribution >= 0.6 is 11.3 Å². The van der Waals surface area contributed by atoms with Crippen LogP contribution in [0.25, 0.3) is 0 Å². The van der Waals surface area contributed by atoms with E-state index >= 15 is 0 Å². The van der Waals surface area contributed by atoms with Crippen LogP contribution < -0.4 is 0 Å². The number of piperidine rings is 1. The van der Waals surface area contributed by atoms with Crippen LogP contribution in [0.5, 0.6) is 0 Å². The maximum absolute atomic E-state index is 10.3. The van der Waals surface area contributed by atoms with Crippen molar-refractivity contribution in [2.45, 2.75) is 51.5 Å². The molecule has 0 unspecified atom stereocenters. The van der Waals surface area contributed by atoms with Gasteiger partial charge in [-0.25, -0.2) is 0 Å². The predicted octanol–water partition coefficient (Wildman–Crippen LogP) is 2.69. The van der Waals surface area contributed by atoms with Crippen LogP contribution in [0.1, 0.15) is 29.7 Å². The molecule has 1 N–H and O–H groups in total. The van der Waals surface area contributed by atoms with E-state index in [-0.39, 0.29) is 0 Å². The van der Waals surface area contributed by atoms with Crippen molar-refractivity contribution in [3.63, 3.8) is 0 Å². The molecule has 1 aliphatic heterocycles. The monoisotopic (exact) mass is 349 g/mol. The molecule has 2 atom stereocenters. The Balaban J connectivity index is 1.45. The summed E-state index contributed by atoms with van der Waals surface area (Å²) in [5.74, 6) is 0. The molecule has 0 aliphatic carbocycles. The molecular weight excluding hydrogens is 322 g/mol. The zero-order valence-corrected chi connectivity index (χ0v) is 15.1. The molecular formula is C18H27N3O2S. The molecule has 0 aromatic carbocycles. The first kappa shape index (κ1) is 17.6. The number of rotatable bonds is 8. The van der Waals surface area contributed by atoms with Crippen molar-refractivity contribution < 1.29 is 9.84 Å². The minimum absolute atomic E-state index is 0.391. The molecule has 2 aromatic rings. The number of thiophene rings is 1. The van der Waals surface area contributed by atoms with Crippen LogP contribution in [0.2, 0.25) is 0 Å². The SMILES string of the molecule is Cc1cnn(C[C@@H]2CCCCN2C[C@@H](O)COCc2cccs2)c1. The molecule has 2 aromatic heterocycles. The van der Waals surface area contributed by atoms with Crippen molar-refractivity contribution in [2.75, 3.05) is 19.7 Å². The molecule has 1 saturated heterocycles. The van der Waals surface area contributed by atoms with Gasteiger partial charge in [-0.15, -0.1) is 11.3 Å². The lowest BCUT2D eigenvalue weighted by molar-refractivity contribution is -0.00511. The van der Waals surface area contributed by atoms with Gasteiger partial charge < -0.3 is 9.84 Å². The maximum Gasteiger partial charge on any atom is 0.0900 e. The average Bonchev–Trinajstić information content (AvgIpc) is 3.21. The van der Waals surface area contributed by atoms with Crippen LogP contribution in [0.3, 0.4) is 0 Å². The van der Waals surface area contributed by atoms with Gasteiger partial charge in [-0.3, -0.25) is 9.58 Å². The highest BCUT2D eigenvalue weighted by molar-refractivity contribution is 7.09. The Morgan fingerprint density at radius 3 is 3.12 bits per heavy atom. The van der Waals surface area contributed by atoms with Gasteiger partial charge in [-0.2, -0.15) is 5.10 Å². The summed E-state index contributed by atoms with van der Waals surface area (Å²) in [5, 5.41) is 16.8. The molecule has 0 spiro atoms. The van der Waals surface area contributed by atoms with E-state index in [0.29, 0.717) is 25.8 Å². The number of aromatic nitrogens is 2. The Hall–Kier alpha value is -1.21. The highest BCUT2D eigenvalue weighted by Gasteiger charge is 2.25. The Bertz CT molecular complexity index is 599. The summed E-state index contributed by atoms with van der Waals surface area (Å²) < 4.78 is 7.68. The molecule has 5 nitrogen and oxygen atoms in total. The first-order chi connectivity index (χ1) is 11.7. The van der Waals surface area contributed by atoms with Gasteiger partial charge in [-0.1, -0.05) is 12.5 Å². The van der Waals surface area contributed by atoms with Crippen LogP contribution in [-0.4, -0.2) is 51.6 Å². The minimum Gasteiger partial charge on any atom is -0.389 e. The number of hydrogen-bond acceptors (Lipinski definition) is 5. The van der Waals surface area contributed by atoms with Crippen LogP contribution in [0.15, 0.2) is 29.9 Å². The fourth-order valence-electron chi connectivity index (χ4n) is 3.30. The number of nitrogens with zero attached hydrogens (tertiary/aromatic N) is 3. The van der Waals surface area contributed by atoms with Crippen molar-refractivity contribution >= 4 is 11.3 Å². The first-order valence-corrected chi connectivity index (χ1v) is 9.60. The number of likely N-dealkylation sites (tertiary alicyclic amines) is 1. The number of aliphatic hydroxyl groups is 1. The third-order valence-electron chi connectivity index (χ3n) is 4.49. The Morgan fingerprint density at radius 1 is 1.46 bits per heavy atom. The number of aliphatic hydroxyl groups excluding tert-OH is 1. The van der Waals surface area contributed by atoms with Crippen LogP contribution in [-0.2, 0) is 17.9 Å². The van der Waals surface area contributed by atoms with Crippen molar-refractivity contribution in [3.8, 4) is 0 Å². The van der Waals surface area contributed by atoms with Gasteiger partial charge in [0, 0.05) is 23.7 Å². The number of β-amino-alcohol motifs (C(OH)–C–C–N with tert-alkyl or cyclic N) is 1. The second-order valence-electron chi connectivity index (χ2n) is 6.63. The largest absolute Gasteiger partial charge is 0.389 e. The zero-order chi connectivity index (χ0) is 16.8. The number of hydrogen-bond donors (Lipinski definition) is 1. The fraction of sp³-hybridized carbons (Fsp3) is 0.611. The molecule has 3 heterocycles. The van der Waals surface area contributed by atoms with E-state index in [2.05, 4.69) is 29.2 Å². The molecule has 132 valence electrons. The van der Waals surface area contributed by atoms with Crippen molar-refractivity contribution in [2.24, 2.45) is 0 Å². The quantitative estimate of drug-likeness (QED) is 0.796. The Labute approximate surface area is 147 Å². The Kier molecular flexibility index (Phi) is 6.43. The predicted molar refractivity (Wildman–Crippen MR) is 96.2 cm³/mol. The molecule has 0 saturated carbocycles. The lowest BCUT2D eigenvalue weighted by atomic mass is 10.0. The summed E-state index contributed by atoms with van der Waals surface area (Å²) in [5.41, 5.74) is 1.19. The lowest BCUT2D eigenvalue weighted by Gasteiger charge is -2.36. The van der Waals surface area contributed by atoms with E-state index in [9.17, 15) is 5.11 Å². The standard InChI is InChI=1S/C18H27N3O2S/c1-15-9-19-21(10-15)11-16-5-2-3-7-20(16)12-17(22)13-23-14-18-6-4-8-24-18/h4,6,8-10,16-17,22H,2-3,5,7,11-14H2,1H3/t16-,17+/m0/s1. The molecule has 0 bridgehead atoms. The maximum atomic E-state index is 10.3. The van der Waals surface area contributed by atoms with E-state index in [4.69, 9.17) is 4.74 Å². The van der Waals surface area contributed by atoms with Gasteiger partial charge in [-0.05, 0) is 43.3 Å². The highest BCUT2D eigenvalue weighted by Crippen LogP contribution is 2.19. The molecule has 1 aliphatic rings. The van der Waals surface area contributed by atoms with Gasteiger partial charge in [0.2, 0.25) is 0 Å². The lowest BCUT2D eigenvalue weighted by Crippen LogP contribution is -2.46. The van der Waals surface area contributed by atoms with Crippen molar-refractivity contribution in [1.29, 1.82) is 0 Å². The van der Waals surface area contributed by atoms with Crippen molar-refractivity contribution in [1.82, 2.24) is 14.7 Å². The summed E-state index contributed by atoms with van der Waals surface area (Å²) in [6, 6.07) is 4.53. The van der Waals surface area contributed by atoms with E-state index in [1.54, 1.807) is 11.3 Å². The second-order valence-corrected chi connectivity index (χ2v) is 7.66. The third-order valence-corrected chi connectivity index (χ3v) is 5.34. The van der Waals surface area contributed by atoms with Crippen LogP contribution in [0.4, 0.5) is 0 Å². The average molecular weight is 350 g/mol. The second kappa shape index (κ2) is 8.76. The summed E-state index contributed by atoms with van der Waals surface area (Å²) in [6.45, 7) is 5.67. The van der Waals surface area contributed by atoms with Gasteiger partial charge >= 0.3 is 0 Å². The molecule has 0 amide bonds. The van der Waals surface area contributed by atoms with Gasteiger partial charge in [0.05, 0.1) is 32.1 Å². The summed E-state index contributed by atoms with van der Waals surface area (Å²) >= 11 is 1.69. The van der Waals surface area contributed by atoms with Crippen LogP contribution in [0, 0.1) is 6.92 Å². The Morgan fingerprint density at radius 2 is 2.38 bits per heavy atom. The smallest absolute Gasteiger partial charge is 0.0900 e. The minimum atomic E-state index is -0.440. The van der Waals surface area contributed by atoms with Gasteiger partial charge in [0.1, 0.15) is 0 Å². The highest BCUT2D eigenvalue weighted by atomic mass is 32.1. The van der Waals surface area contributed by atoms with E-state index < -0.39 is 6.10 Å². The molecule has 1 fully saturated rings. The summed E-state index contributed by atoms with van der Waals surface area (Å²) in [6.07, 6.45) is 7.18. The molecule has 24 heavy (non-hydrogen) atoms. The fourth-order valence-corrected chi connectivity index (χ4v) is 3.94. The first-order valence-electron chi connectivity index (χ1n) is 8.72. The van der Waals surface area contributed by atoms with Gasteiger partial charge in [0.25, 0.3) is 0 Å². The number of aryl methyl sites for hydroxylation is 1. The topological polar surface area (TPSA) is 50.5 Å². The van der Waals surface area contributed by atoms with E-state index in [1.807, 2.05) is 22.3 Å². The van der Waals surface area contributed by atoms with E-state index in [0.717, 1.165) is 13.1 Å². The molecule has 0 radical (unpaired) electrons. The van der Waals surface area contributed by atoms with E-state index in [1.165, 1.54) is 29.7 Å². The summed E-state index contributed by atoms with van der Waals surface area (Å²) in [7, 11) is 0. The molecule has 6 heteroatoms. The zero-order valence-electron chi connectivity index (χ0n) is 14.3. The van der Waals surface area contributed by atoms with Gasteiger partial charge in [0.15, 0.2) is 0 Å². The summed E-state index contributed by atoms with van der Waals surface area (Å²) in [4.78, 5) is 3.60.